The summed E-state index contributed by atoms with van der Waals surface area (Å²) in [5, 5.41) is 20.4. The fraction of sp³-hybridized carbons (Fsp3) is 0.833. The molecule has 5 heteroatoms. The highest BCUT2D eigenvalue weighted by Crippen LogP contribution is 2.15. The molecular formula is C18H33NO4. The van der Waals surface area contributed by atoms with E-state index in [1.54, 1.807) is 0 Å². The van der Waals surface area contributed by atoms with Gasteiger partial charge >= 0.3 is 5.97 Å². The molecule has 0 atom stereocenters. The second kappa shape index (κ2) is 15.5. The molecule has 0 aliphatic carbocycles. The zero-order valence-corrected chi connectivity index (χ0v) is 14.6. The van der Waals surface area contributed by atoms with Gasteiger partial charge in [-0.25, -0.2) is 4.79 Å². The lowest BCUT2D eigenvalue weighted by Gasteiger charge is -2.03. The summed E-state index contributed by atoms with van der Waals surface area (Å²) in [5.41, 5.74) is -0.760. The van der Waals surface area contributed by atoms with Gasteiger partial charge in [0, 0.05) is 6.42 Å². The number of aliphatic hydroxyl groups excluding tert-OH is 1. The number of carbonyl (C=O) groups is 1. The van der Waals surface area contributed by atoms with E-state index >= 15 is 0 Å². The Morgan fingerprint density at radius 1 is 0.739 bits per heavy atom. The van der Waals surface area contributed by atoms with Crippen LogP contribution in [0.1, 0.15) is 96.8 Å². The number of nitrogens with zero attached hydrogens (tertiary/aromatic N) is 1. The van der Waals surface area contributed by atoms with E-state index in [0.717, 1.165) is 12.8 Å². The summed E-state index contributed by atoms with van der Waals surface area (Å²) in [4.78, 5) is 20.9. The Hall–Kier alpha value is -1.39. The number of unbranched alkanes of at least 4 members (excludes halogenated alkanes) is 12. The van der Waals surface area contributed by atoms with Crippen molar-refractivity contribution in [3.8, 4) is 0 Å². The predicted octanol–water partition coefficient (Wildman–Crippen LogP) is 6.09. The molecule has 0 saturated carbocycles. The van der Waals surface area contributed by atoms with Gasteiger partial charge in [-0.2, -0.15) is 0 Å². The normalized spacial score (nSPS) is 12.0. The smallest absolute Gasteiger partial charge is 0.361 e. The maximum absolute atomic E-state index is 10.6. The highest BCUT2D eigenvalue weighted by atomic mass is 16.4. The number of rotatable bonds is 16. The van der Waals surface area contributed by atoms with Crippen LogP contribution in [0.2, 0.25) is 0 Å². The van der Waals surface area contributed by atoms with Gasteiger partial charge in [0.05, 0.1) is 0 Å². The number of nitroso groups, excluding NO2 is 1. The molecule has 0 spiro atoms. The Labute approximate surface area is 140 Å². The standard InChI is InChI=1S/C18H33NO4/c1-2-3-4-5-6-7-8-9-10-11-12-13-14-15-16(20)17(19-23)18(21)22/h20H,2-15H2,1H3,(H,21,22). The van der Waals surface area contributed by atoms with Gasteiger partial charge in [-0.3, -0.25) is 0 Å². The molecule has 5 nitrogen and oxygen atoms in total. The van der Waals surface area contributed by atoms with E-state index in [9.17, 15) is 14.8 Å². The number of aliphatic hydroxyl groups is 1. The molecule has 0 fully saturated rings. The molecule has 2 N–H and O–H groups in total. The van der Waals surface area contributed by atoms with E-state index < -0.39 is 17.4 Å². The molecule has 0 saturated heterocycles. The Morgan fingerprint density at radius 3 is 1.48 bits per heavy atom. The van der Waals surface area contributed by atoms with Gasteiger partial charge in [0.1, 0.15) is 5.76 Å². The van der Waals surface area contributed by atoms with Crippen LogP contribution in [-0.4, -0.2) is 16.2 Å². The molecule has 0 amide bonds. The molecule has 0 radical (unpaired) electrons. The third-order valence-corrected chi connectivity index (χ3v) is 4.08. The van der Waals surface area contributed by atoms with Crippen molar-refractivity contribution in [2.24, 2.45) is 5.18 Å². The summed E-state index contributed by atoms with van der Waals surface area (Å²) >= 11 is 0. The van der Waals surface area contributed by atoms with Crippen molar-refractivity contribution < 1.29 is 15.0 Å². The molecule has 0 rings (SSSR count). The van der Waals surface area contributed by atoms with Crippen molar-refractivity contribution in [1.82, 2.24) is 0 Å². The minimum atomic E-state index is -1.47. The lowest BCUT2D eigenvalue weighted by atomic mass is 10.0. The number of hydrogen-bond acceptors (Lipinski definition) is 4. The second-order valence-electron chi connectivity index (χ2n) is 6.18. The first-order valence-corrected chi connectivity index (χ1v) is 9.12. The minimum Gasteiger partial charge on any atom is -0.510 e. The van der Waals surface area contributed by atoms with Crippen molar-refractivity contribution in [3.63, 3.8) is 0 Å². The largest absolute Gasteiger partial charge is 0.510 e. The van der Waals surface area contributed by atoms with Gasteiger partial charge in [-0.05, 0) is 11.6 Å². The number of aliphatic carboxylic acids is 1. The molecule has 134 valence electrons. The number of hydrogen-bond donors (Lipinski definition) is 2. The maximum atomic E-state index is 10.6. The molecule has 0 aromatic heterocycles. The van der Waals surface area contributed by atoms with Crippen molar-refractivity contribution in [3.05, 3.63) is 16.4 Å². The number of allylic oxidation sites excluding steroid dienone is 1. The van der Waals surface area contributed by atoms with Crippen LogP contribution in [0.3, 0.4) is 0 Å². The van der Waals surface area contributed by atoms with Crippen LogP contribution in [0.25, 0.3) is 0 Å². The first-order chi connectivity index (χ1) is 11.1. The van der Waals surface area contributed by atoms with Gasteiger partial charge in [0.25, 0.3) is 0 Å². The monoisotopic (exact) mass is 327 g/mol. The van der Waals surface area contributed by atoms with Crippen molar-refractivity contribution >= 4 is 5.97 Å². The predicted molar refractivity (Wildman–Crippen MR) is 93.4 cm³/mol. The van der Waals surface area contributed by atoms with E-state index in [4.69, 9.17) is 5.11 Å². The molecule has 0 aromatic rings. The van der Waals surface area contributed by atoms with Crippen LogP contribution >= 0.6 is 0 Å². The van der Waals surface area contributed by atoms with Gasteiger partial charge in [-0.1, -0.05) is 84.0 Å². The molecule has 23 heavy (non-hydrogen) atoms. The Bertz CT molecular complexity index is 353. The third kappa shape index (κ3) is 12.8. The summed E-state index contributed by atoms with van der Waals surface area (Å²) in [6.45, 7) is 2.24. The topological polar surface area (TPSA) is 87.0 Å². The third-order valence-electron chi connectivity index (χ3n) is 4.08. The zero-order chi connectivity index (χ0) is 17.3. The highest BCUT2D eigenvalue weighted by molar-refractivity contribution is 5.86. The summed E-state index contributed by atoms with van der Waals surface area (Å²) in [6, 6.07) is 0. The van der Waals surface area contributed by atoms with Gasteiger partial charge in [0.15, 0.2) is 0 Å². The molecule has 0 aromatic carbocycles. The molecular weight excluding hydrogens is 294 g/mol. The van der Waals surface area contributed by atoms with Crippen LogP contribution < -0.4 is 0 Å². The van der Waals surface area contributed by atoms with Crippen molar-refractivity contribution in [2.75, 3.05) is 0 Å². The van der Waals surface area contributed by atoms with Gasteiger partial charge in [-0.15, -0.1) is 4.91 Å². The Balaban J connectivity index is 3.40. The van der Waals surface area contributed by atoms with Crippen LogP contribution in [0, 0.1) is 4.91 Å². The Kier molecular flexibility index (Phi) is 14.6. The maximum Gasteiger partial charge on any atom is 0.361 e. The van der Waals surface area contributed by atoms with E-state index in [0.29, 0.717) is 6.42 Å². The van der Waals surface area contributed by atoms with Crippen LogP contribution in [0.4, 0.5) is 0 Å². The SMILES string of the molecule is CCCCCCCCCCCCCCCC(O)=C(N=O)C(=O)O. The molecule has 0 aliphatic heterocycles. The van der Waals surface area contributed by atoms with Crippen molar-refractivity contribution in [2.45, 2.75) is 96.8 Å². The Morgan fingerprint density at radius 2 is 1.13 bits per heavy atom. The van der Waals surface area contributed by atoms with Crippen LogP contribution in [0.5, 0.6) is 0 Å². The van der Waals surface area contributed by atoms with Crippen LogP contribution in [0.15, 0.2) is 16.6 Å². The summed E-state index contributed by atoms with van der Waals surface area (Å²) < 4.78 is 0. The van der Waals surface area contributed by atoms with Crippen LogP contribution in [-0.2, 0) is 4.79 Å². The number of carboxylic acid groups (broad SMARTS) is 1. The highest BCUT2D eigenvalue weighted by Gasteiger charge is 2.14. The summed E-state index contributed by atoms with van der Waals surface area (Å²) in [5.74, 6) is -1.87. The molecule has 0 unspecified atom stereocenters. The quantitative estimate of drug-likeness (QED) is 0.155. The van der Waals surface area contributed by atoms with Gasteiger partial charge in [0.2, 0.25) is 5.70 Å². The lowest BCUT2D eigenvalue weighted by Crippen LogP contribution is -2.02. The van der Waals surface area contributed by atoms with E-state index in [-0.39, 0.29) is 6.42 Å². The minimum absolute atomic E-state index is 0.213. The first kappa shape index (κ1) is 21.6. The fourth-order valence-electron chi connectivity index (χ4n) is 2.64. The molecule has 0 aliphatic rings. The van der Waals surface area contributed by atoms with E-state index in [1.807, 2.05) is 0 Å². The summed E-state index contributed by atoms with van der Waals surface area (Å²) in [6.07, 6.45) is 16.1. The average molecular weight is 327 g/mol. The second-order valence-corrected chi connectivity index (χ2v) is 6.18. The molecule has 0 heterocycles. The average Bonchev–Trinajstić information content (AvgIpc) is 2.52. The van der Waals surface area contributed by atoms with Gasteiger partial charge < -0.3 is 10.2 Å². The van der Waals surface area contributed by atoms with E-state index in [2.05, 4.69) is 12.1 Å². The first-order valence-electron chi connectivity index (χ1n) is 9.12. The molecule has 0 bridgehead atoms. The lowest BCUT2D eigenvalue weighted by molar-refractivity contribution is -0.132. The van der Waals surface area contributed by atoms with Crippen molar-refractivity contribution in [1.29, 1.82) is 0 Å². The zero-order valence-electron chi connectivity index (χ0n) is 14.6. The summed E-state index contributed by atoms with van der Waals surface area (Å²) in [7, 11) is 0. The van der Waals surface area contributed by atoms with E-state index in [1.165, 1.54) is 64.2 Å². The number of carboxylic acids is 1. The fourth-order valence-corrected chi connectivity index (χ4v) is 2.64.